The number of fused-ring (bicyclic) bond motifs is 10. The molecule has 0 atom stereocenters. The molecule has 0 fully saturated rings. The third-order valence-electron chi connectivity index (χ3n) is 10.9. The molecule has 0 bridgehead atoms. The van der Waals surface area contributed by atoms with E-state index in [4.69, 9.17) is 0 Å². The summed E-state index contributed by atoms with van der Waals surface area (Å²) in [5, 5.41) is 10.5. The van der Waals surface area contributed by atoms with Crippen LogP contribution in [0.5, 0.6) is 0 Å². The first kappa shape index (κ1) is 29.3. The second kappa shape index (κ2) is 9.41. The predicted molar refractivity (Wildman–Crippen MR) is 209 cm³/mol. The molecule has 238 valence electrons. The fraction of sp³-hybridized carbons (Fsp3) is 0.261. The van der Waals surface area contributed by atoms with Crippen molar-refractivity contribution in [1.82, 2.24) is 8.97 Å². The molecule has 0 amide bonds. The van der Waals surface area contributed by atoms with Gasteiger partial charge in [0.1, 0.15) is 0 Å². The van der Waals surface area contributed by atoms with Gasteiger partial charge in [0.15, 0.2) is 0 Å². The number of aromatic nitrogens is 2. The molecule has 9 rings (SSSR count). The Labute approximate surface area is 282 Å². The highest BCUT2D eigenvalue weighted by Gasteiger charge is 2.25. The van der Waals surface area contributed by atoms with Gasteiger partial charge in [-0.1, -0.05) is 98.7 Å². The SMILES string of the molecule is CC(C)(C)c1ccc2c(c1)c1cc3ccccc3cc1n2-c1ccc2c(c1)c1cc(C(C)(C)C)cc3c4cc(C(C)(C)C)ccc4n2c13. The second-order valence-corrected chi connectivity index (χ2v) is 17.2. The Morgan fingerprint density at radius 2 is 0.833 bits per heavy atom. The van der Waals surface area contributed by atoms with Gasteiger partial charge < -0.3 is 8.97 Å². The van der Waals surface area contributed by atoms with Gasteiger partial charge in [-0.25, -0.2) is 0 Å². The third kappa shape index (κ3) is 4.11. The number of hydrogen-bond donors (Lipinski definition) is 0. The first-order valence-electron chi connectivity index (χ1n) is 17.4. The van der Waals surface area contributed by atoms with Gasteiger partial charge in [-0.2, -0.15) is 0 Å². The lowest BCUT2D eigenvalue weighted by Crippen LogP contribution is -2.11. The maximum atomic E-state index is 2.52. The van der Waals surface area contributed by atoms with Crippen molar-refractivity contribution in [2.24, 2.45) is 0 Å². The topological polar surface area (TPSA) is 9.34 Å². The van der Waals surface area contributed by atoms with Crippen molar-refractivity contribution in [3.05, 3.63) is 120 Å². The van der Waals surface area contributed by atoms with E-state index in [1.807, 2.05) is 0 Å². The molecule has 2 heteroatoms. The molecule has 3 aromatic heterocycles. The third-order valence-corrected chi connectivity index (χ3v) is 10.9. The van der Waals surface area contributed by atoms with Gasteiger partial charge in [-0.3, -0.25) is 0 Å². The molecule has 0 aliphatic carbocycles. The average molecular weight is 625 g/mol. The Morgan fingerprint density at radius 3 is 1.42 bits per heavy atom. The minimum atomic E-state index is 0.0275. The first-order valence-corrected chi connectivity index (χ1v) is 17.4. The molecule has 0 unspecified atom stereocenters. The maximum absolute atomic E-state index is 2.52. The van der Waals surface area contributed by atoms with Crippen LogP contribution in [0.4, 0.5) is 0 Å². The van der Waals surface area contributed by atoms with E-state index in [-0.39, 0.29) is 16.2 Å². The molecule has 0 aliphatic heterocycles. The van der Waals surface area contributed by atoms with Crippen molar-refractivity contribution < 1.29 is 0 Å². The quantitative estimate of drug-likeness (QED) is 0.172. The number of benzene rings is 6. The van der Waals surface area contributed by atoms with Gasteiger partial charge in [-0.15, -0.1) is 0 Å². The number of hydrogen-bond acceptors (Lipinski definition) is 0. The smallest absolute Gasteiger partial charge is 0.0620 e. The molecule has 6 aromatic carbocycles. The van der Waals surface area contributed by atoms with Crippen LogP contribution in [0, 0.1) is 0 Å². The zero-order chi connectivity index (χ0) is 33.5. The van der Waals surface area contributed by atoms with Crippen LogP contribution in [0.2, 0.25) is 0 Å². The molecule has 0 N–H and O–H groups in total. The summed E-state index contributed by atoms with van der Waals surface area (Å²) in [5.74, 6) is 0. The Balaban J connectivity index is 1.40. The van der Waals surface area contributed by atoms with Crippen LogP contribution in [0.3, 0.4) is 0 Å². The van der Waals surface area contributed by atoms with Crippen LogP contribution < -0.4 is 0 Å². The summed E-state index contributed by atoms with van der Waals surface area (Å²) in [6, 6.07) is 39.8. The molecule has 9 aromatic rings. The fourth-order valence-corrected chi connectivity index (χ4v) is 8.03. The van der Waals surface area contributed by atoms with Gasteiger partial charge in [0, 0.05) is 38.0 Å². The summed E-state index contributed by atoms with van der Waals surface area (Å²) < 4.78 is 5.02. The minimum Gasteiger partial charge on any atom is -0.309 e. The van der Waals surface area contributed by atoms with E-state index in [1.54, 1.807) is 0 Å². The van der Waals surface area contributed by atoms with Gasteiger partial charge in [0.25, 0.3) is 0 Å². The van der Waals surface area contributed by atoms with E-state index < -0.39 is 0 Å². The van der Waals surface area contributed by atoms with Gasteiger partial charge >= 0.3 is 0 Å². The summed E-state index contributed by atoms with van der Waals surface area (Å²) in [6.07, 6.45) is 0. The summed E-state index contributed by atoms with van der Waals surface area (Å²) in [5.41, 5.74) is 11.9. The Kier molecular flexibility index (Phi) is 5.75. The fourth-order valence-electron chi connectivity index (χ4n) is 8.03. The molecule has 0 saturated heterocycles. The molecular weight excluding hydrogens is 581 g/mol. The number of rotatable bonds is 1. The van der Waals surface area contributed by atoms with Crippen molar-refractivity contribution in [1.29, 1.82) is 0 Å². The van der Waals surface area contributed by atoms with Gasteiger partial charge in [0.2, 0.25) is 0 Å². The number of nitrogens with zero attached hydrogens (tertiary/aromatic N) is 2. The summed E-state index contributed by atoms with van der Waals surface area (Å²) in [4.78, 5) is 0. The Bertz CT molecular complexity index is 2760. The maximum Gasteiger partial charge on any atom is 0.0620 e. The highest BCUT2D eigenvalue weighted by atomic mass is 15.0. The molecule has 48 heavy (non-hydrogen) atoms. The highest BCUT2D eigenvalue weighted by Crippen LogP contribution is 2.44. The zero-order valence-electron chi connectivity index (χ0n) is 29.7. The average Bonchev–Trinajstić information content (AvgIpc) is 3.65. The van der Waals surface area contributed by atoms with E-state index in [1.165, 1.54) is 93.1 Å². The van der Waals surface area contributed by atoms with Crippen molar-refractivity contribution in [3.8, 4) is 5.69 Å². The van der Waals surface area contributed by atoms with Crippen LogP contribution in [-0.4, -0.2) is 8.97 Å². The van der Waals surface area contributed by atoms with E-state index >= 15 is 0 Å². The molecule has 0 aliphatic rings. The monoisotopic (exact) mass is 624 g/mol. The highest BCUT2D eigenvalue weighted by molar-refractivity contribution is 6.24. The Hall–Kier alpha value is -4.82. The minimum absolute atomic E-state index is 0.0275. The van der Waals surface area contributed by atoms with Crippen LogP contribution in [0.25, 0.3) is 76.4 Å². The molecule has 3 heterocycles. The van der Waals surface area contributed by atoms with Crippen molar-refractivity contribution in [2.75, 3.05) is 0 Å². The van der Waals surface area contributed by atoms with Crippen LogP contribution in [0.15, 0.2) is 103 Å². The predicted octanol–water partition coefficient (Wildman–Crippen LogP) is 13.0. The second-order valence-electron chi connectivity index (χ2n) is 17.2. The van der Waals surface area contributed by atoms with Crippen LogP contribution >= 0.6 is 0 Å². The lowest BCUT2D eigenvalue weighted by molar-refractivity contribution is 0.590. The summed E-state index contributed by atoms with van der Waals surface area (Å²) in [6.45, 7) is 20.8. The normalized spacial score (nSPS) is 13.5. The van der Waals surface area contributed by atoms with Gasteiger partial charge in [-0.05, 0) is 110 Å². The van der Waals surface area contributed by atoms with E-state index in [2.05, 4.69) is 174 Å². The zero-order valence-corrected chi connectivity index (χ0v) is 29.7. The molecule has 2 nitrogen and oxygen atoms in total. The first-order chi connectivity index (χ1) is 22.7. The largest absolute Gasteiger partial charge is 0.309 e. The lowest BCUT2D eigenvalue weighted by Gasteiger charge is -2.20. The molecule has 0 saturated carbocycles. The van der Waals surface area contributed by atoms with Crippen LogP contribution in [0.1, 0.15) is 79.0 Å². The summed E-state index contributed by atoms with van der Waals surface area (Å²) in [7, 11) is 0. The van der Waals surface area contributed by atoms with Crippen molar-refractivity contribution in [3.63, 3.8) is 0 Å². The van der Waals surface area contributed by atoms with E-state index in [0.717, 1.165) is 0 Å². The summed E-state index contributed by atoms with van der Waals surface area (Å²) >= 11 is 0. The van der Waals surface area contributed by atoms with E-state index in [9.17, 15) is 0 Å². The standard InChI is InChI=1S/C46H44N2/c1-44(2,3)29-14-17-39-34(22-29)33-20-27-12-10-11-13-28(27)21-42(33)47(39)32-16-19-41-36(26-32)38-25-31(46(7,8)9)24-37-35-23-30(45(4,5)6)15-18-40(35)48(41)43(37)38/h10-26H,1-9H3. The molecule has 0 spiro atoms. The lowest BCUT2D eigenvalue weighted by atomic mass is 9.84. The van der Waals surface area contributed by atoms with Crippen molar-refractivity contribution >= 4 is 70.7 Å². The van der Waals surface area contributed by atoms with Crippen molar-refractivity contribution in [2.45, 2.75) is 78.6 Å². The molecule has 0 radical (unpaired) electrons. The van der Waals surface area contributed by atoms with Gasteiger partial charge in [0.05, 0.1) is 27.6 Å². The van der Waals surface area contributed by atoms with E-state index in [0.29, 0.717) is 0 Å². The Morgan fingerprint density at radius 1 is 0.375 bits per heavy atom. The van der Waals surface area contributed by atoms with Crippen LogP contribution in [-0.2, 0) is 16.2 Å². The molecular formula is C46H44N2.